The van der Waals surface area contributed by atoms with Crippen LogP contribution in [0.3, 0.4) is 0 Å². The van der Waals surface area contributed by atoms with Crippen molar-refractivity contribution in [2.45, 2.75) is 18.2 Å². The van der Waals surface area contributed by atoms with Gasteiger partial charge in [0.15, 0.2) is 0 Å². The number of carbonyl (C=O) groups is 1. The van der Waals surface area contributed by atoms with Gasteiger partial charge < -0.3 is 10.1 Å². The molecule has 0 aliphatic rings. The SMILES string of the molecule is COc1cnc(C)cc1C(=O)NCCc1ccc(S(N)(=O)=O)cc1. The third-order valence-corrected chi connectivity index (χ3v) is 4.35. The second-order valence-corrected chi connectivity index (χ2v) is 6.78. The minimum atomic E-state index is -3.69. The zero-order valence-corrected chi connectivity index (χ0v) is 14.3. The number of carbonyl (C=O) groups excluding carboxylic acids is 1. The summed E-state index contributed by atoms with van der Waals surface area (Å²) in [6.07, 6.45) is 2.07. The Morgan fingerprint density at radius 1 is 1.29 bits per heavy atom. The molecule has 1 amide bonds. The quantitative estimate of drug-likeness (QED) is 0.809. The standard InChI is InChI=1S/C16H19N3O4S/c1-11-9-14(15(23-2)10-19-11)16(20)18-8-7-12-3-5-13(6-4-12)24(17,21)22/h3-6,9-10H,7-8H2,1-2H3,(H,18,20)(H2,17,21,22). The van der Waals surface area contributed by atoms with Gasteiger partial charge in [0, 0.05) is 12.2 Å². The number of aryl methyl sites for hydroxylation is 1. The highest BCUT2D eigenvalue weighted by molar-refractivity contribution is 7.89. The summed E-state index contributed by atoms with van der Waals surface area (Å²) in [5.41, 5.74) is 2.04. The van der Waals surface area contributed by atoms with Crippen molar-refractivity contribution < 1.29 is 17.9 Å². The fraction of sp³-hybridized carbons (Fsp3) is 0.250. The van der Waals surface area contributed by atoms with Gasteiger partial charge in [0.05, 0.1) is 23.8 Å². The van der Waals surface area contributed by atoms with Crippen molar-refractivity contribution in [3.8, 4) is 5.75 Å². The predicted octanol–water partition coefficient (Wildman–Crippen LogP) is 1.02. The molecule has 2 aromatic rings. The first-order chi connectivity index (χ1) is 11.3. The number of hydrogen-bond donors (Lipinski definition) is 2. The molecule has 1 aromatic heterocycles. The lowest BCUT2D eigenvalue weighted by Crippen LogP contribution is -2.26. The van der Waals surface area contributed by atoms with Crippen LogP contribution in [0.4, 0.5) is 0 Å². The normalized spacial score (nSPS) is 11.1. The molecule has 7 nitrogen and oxygen atoms in total. The molecular formula is C16H19N3O4S. The number of rotatable bonds is 6. The zero-order valence-electron chi connectivity index (χ0n) is 13.4. The highest BCUT2D eigenvalue weighted by atomic mass is 32.2. The first-order valence-corrected chi connectivity index (χ1v) is 8.76. The highest BCUT2D eigenvalue weighted by Gasteiger charge is 2.13. The Morgan fingerprint density at radius 2 is 1.96 bits per heavy atom. The summed E-state index contributed by atoms with van der Waals surface area (Å²) < 4.78 is 27.5. The number of nitrogens with one attached hydrogen (secondary N) is 1. The molecule has 0 atom stereocenters. The molecule has 128 valence electrons. The van der Waals surface area contributed by atoms with Gasteiger partial charge >= 0.3 is 0 Å². The van der Waals surface area contributed by atoms with Gasteiger partial charge in [-0.05, 0) is 37.1 Å². The van der Waals surface area contributed by atoms with Crippen LogP contribution >= 0.6 is 0 Å². The maximum absolute atomic E-state index is 12.2. The summed E-state index contributed by atoms with van der Waals surface area (Å²) >= 11 is 0. The summed E-state index contributed by atoms with van der Waals surface area (Å²) in [7, 11) is -2.21. The van der Waals surface area contributed by atoms with Crippen LogP contribution in [-0.2, 0) is 16.4 Å². The molecule has 24 heavy (non-hydrogen) atoms. The van der Waals surface area contributed by atoms with Gasteiger partial charge in [-0.3, -0.25) is 9.78 Å². The maximum atomic E-state index is 12.2. The monoisotopic (exact) mass is 349 g/mol. The molecule has 0 aliphatic carbocycles. The molecule has 0 bridgehead atoms. The minimum Gasteiger partial charge on any atom is -0.494 e. The zero-order chi connectivity index (χ0) is 17.7. The van der Waals surface area contributed by atoms with E-state index < -0.39 is 10.0 Å². The average Bonchev–Trinajstić information content (AvgIpc) is 2.54. The van der Waals surface area contributed by atoms with E-state index in [0.29, 0.717) is 24.3 Å². The second-order valence-electron chi connectivity index (χ2n) is 5.22. The predicted molar refractivity (Wildman–Crippen MR) is 89.4 cm³/mol. The van der Waals surface area contributed by atoms with Crippen molar-refractivity contribution in [2.75, 3.05) is 13.7 Å². The van der Waals surface area contributed by atoms with Gasteiger partial charge in [-0.2, -0.15) is 0 Å². The lowest BCUT2D eigenvalue weighted by Gasteiger charge is -2.10. The number of sulfonamides is 1. The first-order valence-electron chi connectivity index (χ1n) is 7.22. The van der Waals surface area contributed by atoms with Gasteiger partial charge in [0.25, 0.3) is 5.91 Å². The van der Waals surface area contributed by atoms with Gasteiger partial charge in [0.1, 0.15) is 5.75 Å². The van der Waals surface area contributed by atoms with Crippen LogP contribution < -0.4 is 15.2 Å². The topological polar surface area (TPSA) is 111 Å². The number of primary sulfonamides is 1. The fourth-order valence-electron chi connectivity index (χ4n) is 2.15. The van der Waals surface area contributed by atoms with Crippen molar-refractivity contribution in [1.82, 2.24) is 10.3 Å². The smallest absolute Gasteiger partial charge is 0.255 e. The van der Waals surface area contributed by atoms with Crippen molar-refractivity contribution in [3.05, 3.63) is 53.3 Å². The average molecular weight is 349 g/mol. The molecule has 8 heteroatoms. The van der Waals surface area contributed by atoms with Gasteiger partial charge in [0.2, 0.25) is 10.0 Å². The van der Waals surface area contributed by atoms with Crippen molar-refractivity contribution >= 4 is 15.9 Å². The van der Waals surface area contributed by atoms with E-state index in [1.54, 1.807) is 25.1 Å². The van der Waals surface area contributed by atoms with Crippen molar-refractivity contribution in [2.24, 2.45) is 5.14 Å². The maximum Gasteiger partial charge on any atom is 0.255 e. The molecule has 1 heterocycles. The molecule has 0 spiro atoms. The Bertz CT molecular complexity index is 833. The van der Waals surface area contributed by atoms with Gasteiger partial charge in [-0.25, -0.2) is 13.6 Å². The number of benzene rings is 1. The van der Waals surface area contributed by atoms with Gasteiger partial charge in [-0.15, -0.1) is 0 Å². The number of amides is 1. The Morgan fingerprint density at radius 3 is 2.54 bits per heavy atom. The summed E-state index contributed by atoms with van der Waals surface area (Å²) in [5, 5.41) is 7.85. The lowest BCUT2D eigenvalue weighted by atomic mass is 10.1. The molecule has 0 radical (unpaired) electrons. The van der Waals surface area contributed by atoms with E-state index in [0.717, 1.165) is 11.3 Å². The Labute approximate surface area is 140 Å². The summed E-state index contributed by atoms with van der Waals surface area (Å²) in [4.78, 5) is 16.4. The molecule has 0 saturated carbocycles. The van der Waals surface area contributed by atoms with Crippen LogP contribution in [0, 0.1) is 6.92 Å². The number of nitrogens with zero attached hydrogens (tertiary/aromatic N) is 1. The van der Waals surface area contributed by atoms with Crippen molar-refractivity contribution in [3.63, 3.8) is 0 Å². The van der Waals surface area contributed by atoms with Crippen LogP contribution in [-0.4, -0.2) is 33.0 Å². The number of methoxy groups -OCH3 is 1. The third kappa shape index (κ3) is 4.53. The number of pyridine rings is 1. The molecule has 0 saturated heterocycles. The van der Waals surface area contributed by atoms with E-state index in [1.165, 1.54) is 25.4 Å². The molecule has 1 aromatic carbocycles. The highest BCUT2D eigenvalue weighted by Crippen LogP contribution is 2.17. The Hall–Kier alpha value is -2.45. The van der Waals surface area contributed by atoms with E-state index in [-0.39, 0.29) is 10.8 Å². The van der Waals surface area contributed by atoms with E-state index in [4.69, 9.17) is 9.88 Å². The lowest BCUT2D eigenvalue weighted by molar-refractivity contribution is 0.0951. The van der Waals surface area contributed by atoms with E-state index in [2.05, 4.69) is 10.3 Å². The van der Waals surface area contributed by atoms with Crippen molar-refractivity contribution in [1.29, 1.82) is 0 Å². The molecule has 0 fully saturated rings. The Balaban J connectivity index is 1.97. The number of nitrogens with two attached hydrogens (primary N) is 1. The number of hydrogen-bond acceptors (Lipinski definition) is 5. The molecular weight excluding hydrogens is 330 g/mol. The second kappa shape index (κ2) is 7.41. The summed E-state index contributed by atoms with van der Waals surface area (Å²) in [6, 6.07) is 7.89. The van der Waals surface area contributed by atoms with Crippen LogP contribution in [0.1, 0.15) is 21.6 Å². The molecule has 0 unspecified atom stereocenters. The fourth-order valence-corrected chi connectivity index (χ4v) is 2.66. The largest absolute Gasteiger partial charge is 0.494 e. The summed E-state index contributed by atoms with van der Waals surface area (Å²) in [5.74, 6) is 0.161. The van der Waals surface area contributed by atoms with E-state index in [9.17, 15) is 13.2 Å². The van der Waals surface area contributed by atoms with Crippen LogP contribution in [0.2, 0.25) is 0 Å². The number of ether oxygens (including phenoxy) is 1. The Kier molecular flexibility index (Phi) is 5.53. The molecule has 2 rings (SSSR count). The van der Waals surface area contributed by atoms with Crippen LogP contribution in [0.5, 0.6) is 5.75 Å². The van der Waals surface area contributed by atoms with Gasteiger partial charge in [-0.1, -0.05) is 12.1 Å². The minimum absolute atomic E-state index is 0.0623. The van der Waals surface area contributed by atoms with Crippen LogP contribution in [0.15, 0.2) is 41.4 Å². The van der Waals surface area contributed by atoms with Crippen LogP contribution in [0.25, 0.3) is 0 Å². The molecule has 3 N–H and O–H groups in total. The molecule has 0 aliphatic heterocycles. The number of aromatic nitrogens is 1. The van der Waals surface area contributed by atoms with E-state index >= 15 is 0 Å². The summed E-state index contributed by atoms with van der Waals surface area (Å²) in [6.45, 7) is 2.20. The first kappa shape index (κ1) is 17.9. The third-order valence-electron chi connectivity index (χ3n) is 3.42. The van der Waals surface area contributed by atoms with E-state index in [1.807, 2.05) is 0 Å².